The number of ether oxygens (including phenoxy) is 2. The first-order chi connectivity index (χ1) is 21.6. The van der Waals surface area contributed by atoms with Gasteiger partial charge >= 0.3 is 18.5 Å². The molecular formula is C28H23BrF6N4O7S. The molecule has 2 aromatic heterocycles. The minimum absolute atomic E-state index is 0.0164. The number of carbonyl (C=O) groups is 2. The van der Waals surface area contributed by atoms with Crippen LogP contribution in [0.5, 0.6) is 11.5 Å². The molecule has 0 aliphatic carbocycles. The number of pyridine rings is 1. The van der Waals surface area contributed by atoms with E-state index in [-0.39, 0.29) is 28.2 Å². The van der Waals surface area contributed by atoms with Gasteiger partial charge in [0.2, 0.25) is 10.0 Å². The first kappa shape index (κ1) is 35.3. The molecular weight excluding hydrogens is 730 g/mol. The van der Waals surface area contributed by atoms with Crippen LogP contribution in [0.1, 0.15) is 35.5 Å². The third kappa shape index (κ3) is 8.64. The highest BCUT2D eigenvalue weighted by Gasteiger charge is 2.43. The Balaban J connectivity index is 1.75. The maximum absolute atomic E-state index is 13.5. The monoisotopic (exact) mass is 752 g/mol. The van der Waals surface area contributed by atoms with Crippen molar-refractivity contribution in [3.8, 4) is 11.5 Å². The van der Waals surface area contributed by atoms with Crippen LogP contribution in [0, 0.1) is 0 Å². The van der Waals surface area contributed by atoms with Crippen molar-refractivity contribution < 1.29 is 58.7 Å². The lowest BCUT2D eigenvalue weighted by Gasteiger charge is -2.28. The molecule has 0 radical (unpaired) electrons. The summed E-state index contributed by atoms with van der Waals surface area (Å²) in [6, 6.07) is 10.4. The normalized spacial score (nSPS) is 12.5. The molecule has 47 heavy (non-hydrogen) atoms. The second-order valence-corrected chi connectivity index (χ2v) is 13.1. The van der Waals surface area contributed by atoms with Crippen LogP contribution in [0.25, 0.3) is 10.9 Å². The lowest BCUT2D eigenvalue weighted by Crippen LogP contribution is -2.35. The second kappa shape index (κ2) is 12.6. The van der Waals surface area contributed by atoms with Crippen LogP contribution >= 0.6 is 15.9 Å². The van der Waals surface area contributed by atoms with E-state index in [0.717, 1.165) is 30.7 Å². The molecule has 4 rings (SSSR count). The van der Waals surface area contributed by atoms with Crippen LogP contribution in [0.2, 0.25) is 0 Å². The number of methoxy groups -OCH3 is 1. The molecule has 2 aromatic carbocycles. The summed E-state index contributed by atoms with van der Waals surface area (Å²) in [6.07, 6.45) is -8.68. The van der Waals surface area contributed by atoms with Crippen LogP contribution in [-0.4, -0.2) is 55.9 Å². The third-order valence-electron chi connectivity index (χ3n) is 6.52. The zero-order valence-corrected chi connectivity index (χ0v) is 26.9. The molecule has 0 fully saturated rings. The van der Waals surface area contributed by atoms with E-state index in [1.165, 1.54) is 31.4 Å². The van der Waals surface area contributed by atoms with Gasteiger partial charge in [-0.05, 0) is 53.6 Å². The number of aromatic nitrogens is 2. The number of hydrogen-bond donors (Lipinski definition) is 2. The standard InChI is InChI=1S/C28H23BrF6N4O7S/c1-26(2,16-9-19(44-3)12-20(10-16)45-28(33,34)35)15-7-17(29)11-18(8-15)37-24(40)21-5-14-6-23(38-47(4,42)43)36-13-22(14)39(21)46-25(41)27(30,31)32/h5-13H,1-4H3,(H,36,38)(H,37,40). The maximum Gasteiger partial charge on any atom is 0.573 e. The third-order valence-corrected chi connectivity index (χ3v) is 7.56. The summed E-state index contributed by atoms with van der Waals surface area (Å²) >= 11 is 3.32. The lowest BCUT2D eigenvalue weighted by atomic mass is 9.78. The highest BCUT2D eigenvalue weighted by molar-refractivity contribution is 9.10. The Labute approximate surface area is 270 Å². The van der Waals surface area contributed by atoms with Gasteiger partial charge in [-0.25, -0.2) is 18.2 Å². The molecule has 252 valence electrons. The first-order valence-electron chi connectivity index (χ1n) is 12.9. The highest BCUT2D eigenvalue weighted by Crippen LogP contribution is 2.39. The Kier molecular flexibility index (Phi) is 9.46. The van der Waals surface area contributed by atoms with E-state index in [4.69, 9.17) is 4.74 Å². The van der Waals surface area contributed by atoms with E-state index in [1.54, 1.807) is 19.9 Å². The van der Waals surface area contributed by atoms with Crippen molar-refractivity contribution in [2.75, 3.05) is 23.4 Å². The number of nitrogens with one attached hydrogen (secondary N) is 2. The van der Waals surface area contributed by atoms with Gasteiger partial charge in [-0.1, -0.05) is 29.8 Å². The number of benzene rings is 2. The fourth-order valence-electron chi connectivity index (χ4n) is 4.35. The van der Waals surface area contributed by atoms with Gasteiger partial charge in [0.05, 0.1) is 19.6 Å². The molecule has 0 saturated carbocycles. The van der Waals surface area contributed by atoms with E-state index in [1.807, 2.05) is 0 Å². The van der Waals surface area contributed by atoms with Gasteiger partial charge in [0.15, 0.2) is 0 Å². The summed E-state index contributed by atoms with van der Waals surface area (Å²) in [4.78, 5) is 33.5. The first-order valence-corrected chi connectivity index (χ1v) is 15.6. The van der Waals surface area contributed by atoms with Crippen molar-refractivity contribution >= 4 is 60.2 Å². The van der Waals surface area contributed by atoms with E-state index in [2.05, 4.69) is 40.5 Å². The van der Waals surface area contributed by atoms with Crippen molar-refractivity contribution in [2.45, 2.75) is 31.8 Å². The van der Waals surface area contributed by atoms with Gasteiger partial charge in [-0.15, -0.1) is 13.2 Å². The maximum atomic E-state index is 13.5. The average Bonchev–Trinajstić information content (AvgIpc) is 3.27. The van der Waals surface area contributed by atoms with Crippen LogP contribution < -0.4 is 24.4 Å². The molecule has 11 nitrogen and oxygen atoms in total. The topological polar surface area (TPSA) is 138 Å². The Morgan fingerprint density at radius 1 is 0.915 bits per heavy atom. The number of halogens is 7. The molecule has 0 saturated heterocycles. The van der Waals surface area contributed by atoms with Gasteiger partial charge < -0.3 is 19.6 Å². The number of amides is 1. The van der Waals surface area contributed by atoms with Crippen LogP contribution in [-0.2, 0) is 20.2 Å². The quantitative estimate of drug-likeness (QED) is 0.194. The zero-order valence-electron chi connectivity index (χ0n) is 24.5. The van der Waals surface area contributed by atoms with Crippen LogP contribution in [0.4, 0.5) is 37.8 Å². The summed E-state index contributed by atoms with van der Waals surface area (Å²) in [5.74, 6) is -4.40. The largest absolute Gasteiger partial charge is 0.573 e. The van der Waals surface area contributed by atoms with Crippen molar-refractivity contribution in [1.29, 1.82) is 0 Å². The Morgan fingerprint density at radius 3 is 2.15 bits per heavy atom. The number of nitrogens with zero attached hydrogens (tertiary/aromatic N) is 2. The average molecular weight is 753 g/mol. The molecule has 0 atom stereocenters. The Bertz CT molecular complexity index is 1980. The highest BCUT2D eigenvalue weighted by atomic mass is 79.9. The smallest absolute Gasteiger partial charge is 0.497 e. The van der Waals surface area contributed by atoms with E-state index < -0.39 is 51.3 Å². The van der Waals surface area contributed by atoms with E-state index in [0.29, 0.717) is 20.3 Å². The minimum atomic E-state index is -5.44. The summed E-state index contributed by atoms with van der Waals surface area (Å²) in [7, 11) is -2.54. The molecule has 1 amide bonds. The molecule has 0 spiro atoms. The number of anilines is 2. The fourth-order valence-corrected chi connectivity index (χ4v) is 5.33. The predicted molar refractivity (Wildman–Crippen MR) is 160 cm³/mol. The molecule has 0 aliphatic rings. The summed E-state index contributed by atoms with van der Waals surface area (Å²) in [5.41, 5.74) is -1.06. The number of fused-ring (bicyclic) bond motifs is 1. The van der Waals surface area contributed by atoms with Crippen molar-refractivity contribution in [1.82, 2.24) is 9.71 Å². The van der Waals surface area contributed by atoms with Crippen LogP contribution in [0.3, 0.4) is 0 Å². The summed E-state index contributed by atoms with van der Waals surface area (Å²) < 4.78 is 114. The van der Waals surface area contributed by atoms with Gasteiger partial charge in [-0.3, -0.25) is 9.52 Å². The summed E-state index contributed by atoms with van der Waals surface area (Å²) in [6.45, 7) is 3.35. The molecule has 0 bridgehead atoms. The Hall–Kier alpha value is -4.52. The number of rotatable bonds is 9. The number of carbonyl (C=O) groups excluding carboxylic acids is 2. The number of hydrogen-bond acceptors (Lipinski definition) is 8. The van der Waals surface area contributed by atoms with Crippen molar-refractivity contribution in [3.63, 3.8) is 0 Å². The molecule has 0 aliphatic heterocycles. The molecule has 2 N–H and O–H groups in total. The second-order valence-electron chi connectivity index (χ2n) is 10.5. The fraction of sp³-hybridized carbons (Fsp3) is 0.250. The SMILES string of the molecule is COc1cc(OC(F)(F)F)cc(C(C)(C)c2cc(Br)cc(NC(=O)c3cc4cc(NS(C)(=O)=O)ncc4n3OC(=O)C(F)(F)F)c2)c1. The van der Waals surface area contributed by atoms with Gasteiger partial charge in [0.1, 0.15) is 28.5 Å². The lowest BCUT2D eigenvalue weighted by molar-refractivity contribution is -0.274. The number of sulfonamides is 1. The molecule has 19 heteroatoms. The van der Waals surface area contributed by atoms with Gasteiger partial charge in [0.25, 0.3) is 5.91 Å². The van der Waals surface area contributed by atoms with Crippen molar-refractivity contribution in [3.05, 3.63) is 76.0 Å². The molecule has 2 heterocycles. The minimum Gasteiger partial charge on any atom is -0.497 e. The molecule has 4 aromatic rings. The zero-order chi connectivity index (χ0) is 35.1. The molecule has 0 unspecified atom stereocenters. The van der Waals surface area contributed by atoms with Gasteiger partial charge in [-0.2, -0.15) is 17.9 Å². The van der Waals surface area contributed by atoms with E-state index in [9.17, 15) is 44.3 Å². The predicted octanol–water partition coefficient (Wildman–Crippen LogP) is 6.17. The van der Waals surface area contributed by atoms with E-state index >= 15 is 0 Å². The number of alkyl halides is 6. The van der Waals surface area contributed by atoms with Gasteiger partial charge in [0, 0.05) is 27.0 Å². The Morgan fingerprint density at radius 2 is 1.55 bits per heavy atom. The summed E-state index contributed by atoms with van der Waals surface area (Å²) in [5, 5.41) is 2.49. The van der Waals surface area contributed by atoms with Crippen LogP contribution in [0.15, 0.2) is 59.2 Å². The van der Waals surface area contributed by atoms with Crippen molar-refractivity contribution in [2.24, 2.45) is 0 Å².